The van der Waals surface area contributed by atoms with E-state index in [4.69, 9.17) is 0 Å². The van der Waals surface area contributed by atoms with Crippen molar-refractivity contribution in [2.24, 2.45) is 13.0 Å². The highest BCUT2D eigenvalue weighted by Crippen LogP contribution is 2.23. The van der Waals surface area contributed by atoms with E-state index in [0.717, 1.165) is 42.6 Å². The van der Waals surface area contributed by atoms with Crippen LogP contribution in [0.5, 0.6) is 0 Å². The van der Waals surface area contributed by atoms with Gasteiger partial charge in [0.1, 0.15) is 0 Å². The summed E-state index contributed by atoms with van der Waals surface area (Å²) in [5.74, 6) is 0.856. The Morgan fingerprint density at radius 1 is 1.35 bits per heavy atom. The van der Waals surface area contributed by atoms with Crippen LogP contribution < -0.4 is 10.6 Å². The molecule has 2 N–H and O–H groups in total. The fraction of sp³-hybridized carbons (Fsp3) is 0.765. The second kappa shape index (κ2) is 7.93. The first kappa shape index (κ1) is 17.9. The lowest BCUT2D eigenvalue weighted by molar-refractivity contribution is -0.121. The van der Waals surface area contributed by atoms with Crippen molar-refractivity contribution in [3.8, 4) is 0 Å². The quantitative estimate of drug-likeness (QED) is 0.837. The predicted molar refractivity (Wildman–Crippen MR) is 93.6 cm³/mol. The zero-order valence-corrected chi connectivity index (χ0v) is 15.1. The van der Waals surface area contributed by atoms with Crippen LogP contribution in [0.4, 0.5) is 5.69 Å². The number of aryl methyl sites for hydroxylation is 2. The first-order valence-electron chi connectivity index (χ1n) is 8.63. The van der Waals surface area contributed by atoms with Gasteiger partial charge < -0.3 is 10.6 Å². The molecule has 0 radical (unpaired) electrons. The van der Waals surface area contributed by atoms with Gasteiger partial charge in [0.25, 0.3) is 0 Å². The molecule has 2 rings (SSSR count). The van der Waals surface area contributed by atoms with Crippen molar-refractivity contribution in [3.63, 3.8) is 0 Å². The number of nitrogens with one attached hydrogen (secondary N) is 2. The van der Waals surface area contributed by atoms with E-state index in [1.165, 1.54) is 19.3 Å². The van der Waals surface area contributed by atoms with Gasteiger partial charge in [-0.1, -0.05) is 0 Å². The Morgan fingerprint density at radius 3 is 2.52 bits per heavy atom. The average molecular weight is 321 g/mol. The minimum atomic E-state index is -0.0979. The topological polar surface area (TPSA) is 62.2 Å². The standard InChI is InChI=1S/C17H31N5O/c1-12-16(13(2)21(5)20-12)19-17(23)14(3)22-10-7-15(8-11-22)6-9-18-4/h14-15,18H,6-11H2,1-5H3,(H,19,23). The second-order valence-electron chi connectivity index (χ2n) is 6.71. The van der Waals surface area contributed by atoms with Crippen LogP contribution in [0.15, 0.2) is 0 Å². The van der Waals surface area contributed by atoms with Crippen molar-refractivity contribution in [1.82, 2.24) is 20.0 Å². The number of carbonyl (C=O) groups is 1. The minimum Gasteiger partial charge on any atom is -0.322 e. The van der Waals surface area contributed by atoms with Crippen LogP contribution >= 0.6 is 0 Å². The van der Waals surface area contributed by atoms with Crippen molar-refractivity contribution in [3.05, 3.63) is 11.4 Å². The molecule has 1 saturated heterocycles. The number of aromatic nitrogens is 2. The summed E-state index contributed by atoms with van der Waals surface area (Å²) in [5, 5.41) is 10.6. The lowest BCUT2D eigenvalue weighted by Gasteiger charge is -2.35. The molecule has 0 saturated carbocycles. The summed E-state index contributed by atoms with van der Waals surface area (Å²) in [6.07, 6.45) is 3.60. The van der Waals surface area contributed by atoms with Crippen molar-refractivity contribution in [2.75, 3.05) is 32.0 Å². The third-order valence-corrected chi connectivity index (χ3v) is 5.14. The summed E-state index contributed by atoms with van der Waals surface area (Å²) in [6.45, 7) is 9.01. The molecule has 1 aromatic rings. The Kier molecular flexibility index (Phi) is 6.18. The molecular formula is C17H31N5O. The predicted octanol–water partition coefficient (Wildman–Crippen LogP) is 1.69. The summed E-state index contributed by atoms with van der Waals surface area (Å²) in [6, 6.07) is -0.0979. The SMILES string of the molecule is CNCCC1CCN(C(C)C(=O)Nc2c(C)nn(C)c2C)CC1. The molecule has 1 fully saturated rings. The fourth-order valence-electron chi connectivity index (χ4n) is 3.33. The van der Waals surface area contributed by atoms with Gasteiger partial charge in [-0.25, -0.2) is 0 Å². The maximum atomic E-state index is 12.6. The molecule has 6 nitrogen and oxygen atoms in total. The number of hydrogen-bond donors (Lipinski definition) is 2. The van der Waals surface area contributed by atoms with Gasteiger partial charge in [-0.2, -0.15) is 5.10 Å². The molecular weight excluding hydrogens is 290 g/mol. The number of amides is 1. The van der Waals surface area contributed by atoms with Gasteiger partial charge in [0.15, 0.2) is 0 Å². The summed E-state index contributed by atoms with van der Waals surface area (Å²) in [4.78, 5) is 14.9. The Labute approximate surface area is 139 Å². The van der Waals surface area contributed by atoms with Crippen LogP contribution in [-0.2, 0) is 11.8 Å². The molecule has 23 heavy (non-hydrogen) atoms. The molecule has 1 atom stereocenters. The van der Waals surface area contributed by atoms with E-state index in [1.807, 2.05) is 39.5 Å². The van der Waals surface area contributed by atoms with E-state index in [0.29, 0.717) is 0 Å². The molecule has 0 bridgehead atoms. The second-order valence-corrected chi connectivity index (χ2v) is 6.71. The number of anilines is 1. The van der Waals surface area contributed by atoms with Gasteiger partial charge in [0.05, 0.1) is 23.1 Å². The zero-order valence-electron chi connectivity index (χ0n) is 15.1. The number of piperidine rings is 1. The zero-order chi connectivity index (χ0) is 17.0. The average Bonchev–Trinajstić information content (AvgIpc) is 2.79. The number of hydrogen-bond acceptors (Lipinski definition) is 4. The van der Waals surface area contributed by atoms with Crippen LogP contribution in [0, 0.1) is 19.8 Å². The largest absolute Gasteiger partial charge is 0.322 e. The van der Waals surface area contributed by atoms with Gasteiger partial charge in [-0.3, -0.25) is 14.4 Å². The molecule has 1 amide bonds. The number of rotatable bonds is 6. The van der Waals surface area contributed by atoms with Crippen molar-refractivity contribution >= 4 is 11.6 Å². The van der Waals surface area contributed by atoms with Crippen molar-refractivity contribution in [1.29, 1.82) is 0 Å². The van der Waals surface area contributed by atoms with E-state index in [-0.39, 0.29) is 11.9 Å². The molecule has 1 aliphatic rings. The van der Waals surface area contributed by atoms with Gasteiger partial charge in [0.2, 0.25) is 5.91 Å². The first-order valence-corrected chi connectivity index (χ1v) is 8.63. The highest BCUT2D eigenvalue weighted by Gasteiger charge is 2.27. The van der Waals surface area contributed by atoms with Crippen molar-refractivity contribution in [2.45, 2.75) is 46.1 Å². The van der Waals surface area contributed by atoms with E-state index in [1.54, 1.807) is 0 Å². The Balaban J connectivity index is 1.88. The number of nitrogens with zero attached hydrogens (tertiary/aromatic N) is 3. The molecule has 1 aliphatic heterocycles. The summed E-state index contributed by atoms with van der Waals surface area (Å²) in [7, 11) is 3.90. The molecule has 2 heterocycles. The van der Waals surface area contributed by atoms with Crippen LogP contribution in [0.3, 0.4) is 0 Å². The Bertz CT molecular complexity index is 531. The first-order chi connectivity index (χ1) is 10.9. The molecule has 130 valence electrons. The van der Waals surface area contributed by atoms with Gasteiger partial charge in [-0.05, 0) is 72.6 Å². The third kappa shape index (κ3) is 4.32. The lowest BCUT2D eigenvalue weighted by atomic mass is 9.93. The molecule has 0 aliphatic carbocycles. The van der Waals surface area contributed by atoms with E-state index in [2.05, 4.69) is 20.6 Å². The summed E-state index contributed by atoms with van der Waals surface area (Å²) >= 11 is 0. The van der Waals surface area contributed by atoms with E-state index >= 15 is 0 Å². The maximum absolute atomic E-state index is 12.6. The summed E-state index contributed by atoms with van der Waals surface area (Å²) < 4.78 is 1.81. The van der Waals surface area contributed by atoms with Crippen LogP contribution in [0.25, 0.3) is 0 Å². The molecule has 1 unspecified atom stereocenters. The van der Waals surface area contributed by atoms with Crippen LogP contribution in [0.1, 0.15) is 37.6 Å². The monoisotopic (exact) mass is 321 g/mol. The minimum absolute atomic E-state index is 0.0675. The molecule has 0 spiro atoms. The van der Waals surface area contributed by atoms with Gasteiger partial charge in [-0.15, -0.1) is 0 Å². The smallest absolute Gasteiger partial charge is 0.241 e. The van der Waals surface area contributed by atoms with E-state index in [9.17, 15) is 4.79 Å². The third-order valence-electron chi connectivity index (χ3n) is 5.14. The highest BCUT2D eigenvalue weighted by atomic mass is 16.2. The molecule has 6 heteroatoms. The Hall–Kier alpha value is -1.40. The van der Waals surface area contributed by atoms with Crippen molar-refractivity contribution < 1.29 is 4.79 Å². The fourth-order valence-corrected chi connectivity index (χ4v) is 3.33. The van der Waals surface area contributed by atoms with Crippen LogP contribution in [-0.4, -0.2) is 53.3 Å². The maximum Gasteiger partial charge on any atom is 0.241 e. The van der Waals surface area contributed by atoms with Gasteiger partial charge >= 0.3 is 0 Å². The van der Waals surface area contributed by atoms with E-state index < -0.39 is 0 Å². The lowest BCUT2D eigenvalue weighted by Crippen LogP contribution is -2.46. The molecule has 0 aromatic carbocycles. The highest BCUT2D eigenvalue weighted by molar-refractivity contribution is 5.95. The molecule has 1 aromatic heterocycles. The number of carbonyl (C=O) groups excluding carboxylic acids is 1. The van der Waals surface area contributed by atoms with Crippen LogP contribution in [0.2, 0.25) is 0 Å². The Morgan fingerprint density at radius 2 is 2.00 bits per heavy atom. The normalized spacial score (nSPS) is 18.1. The van der Waals surface area contributed by atoms with Gasteiger partial charge in [0, 0.05) is 7.05 Å². The summed E-state index contributed by atoms with van der Waals surface area (Å²) in [5.41, 5.74) is 2.72. The number of likely N-dealkylation sites (tertiary alicyclic amines) is 1.